The summed E-state index contributed by atoms with van der Waals surface area (Å²) in [6.07, 6.45) is 1.79. The standard InChI is InChI=1S/C29H25N3O5S2/c1-3-36-24(33)17-37-21-13-11-19(12-14-21)16-23-28(35)32-26(22-10-7-15-38-22)25(18(2)30-29(32)39-23)27(34)31-20-8-5-4-6-9-20/h4-16,26H,3,17H2,1-2H3,(H,31,34)/b23-16-/t26-/m0/s1. The summed E-state index contributed by atoms with van der Waals surface area (Å²) in [5.41, 5.74) is 2.23. The Bertz CT molecular complexity index is 1700. The molecule has 5 rings (SSSR count). The summed E-state index contributed by atoms with van der Waals surface area (Å²) in [4.78, 5) is 44.8. The van der Waals surface area contributed by atoms with Gasteiger partial charge in [-0.05, 0) is 61.2 Å². The second-order valence-corrected chi connectivity index (χ2v) is 10.6. The number of ether oxygens (including phenoxy) is 2. The van der Waals surface area contributed by atoms with E-state index in [1.54, 1.807) is 48.8 Å². The van der Waals surface area contributed by atoms with E-state index in [0.717, 1.165) is 10.4 Å². The fraction of sp³-hybridized carbons (Fsp3) is 0.172. The number of esters is 1. The van der Waals surface area contributed by atoms with Crippen LogP contribution in [0.5, 0.6) is 5.75 Å². The van der Waals surface area contributed by atoms with Gasteiger partial charge in [0.1, 0.15) is 11.8 Å². The number of hydrogen-bond acceptors (Lipinski definition) is 8. The first-order valence-electron chi connectivity index (χ1n) is 12.3. The van der Waals surface area contributed by atoms with Gasteiger partial charge in [0.05, 0.1) is 22.4 Å². The van der Waals surface area contributed by atoms with Gasteiger partial charge in [-0.3, -0.25) is 14.2 Å². The maximum absolute atomic E-state index is 13.7. The lowest BCUT2D eigenvalue weighted by Crippen LogP contribution is -2.40. The number of rotatable bonds is 8. The maximum atomic E-state index is 13.7. The second-order valence-electron chi connectivity index (χ2n) is 8.58. The van der Waals surface area contributed by atoms with Crippen molar-refractivity contribution >= 4 is 46.3 Å². The van der Waals surface area contributed by atoms with Crippen LogP contribution in [0.2, 0.25) is 0 Å². The molecular formula is C29H25N3O5S2. The molecule has 39 heavy (non-hydrogen) atoms. The number of allylic oxidation sites excluding steroid dienone is 1. The molecule has 8 nitrogen and oxygen atoms in total. The Balaban J connectivity index is 1.48. The molecule has 0 unspecified atom stereocenters. The molecule has 4 aromatic rings. The zero-order valence-electron chi connectivity index (χ0n) is 21.2. The molecule has 2 aromatic heterocycles. The van der Waals surface area contributed by atoms with Crippen molar-refractivity contribution in [3.63, 3.8) is 0 Å². The highest BCUT2D eigenvalue weighted by molar-refractivity contribution is 7.10. The molecule has 0 saturated carbocycles. The van der Waals surface area contributed by atoms with Gasteiger partial charge in [0.15, 0.2) is 11.4 Å². The predicted octanol–water partition coefficient (Wildman–Crippen LogP) is 3.88. The summed E-state index contributed by atoms with van der Waals surface area (Å²) in [5.74, 6) is -0.215. The largest absolute Gasteiger partial charge is 0.482 e. The molecule has 10 heteroatoms. The van der Waals surface area contributed by atoms with Gasteiger partial charge in [0, 0.05) is 10.6 Å². The number of carbonyl (C=O) groups is 2. The molecule has 0 bridgehead atoms. The molecule has 0 radical (unpaired) electrons. The Morgan fingerprint density at radius 2 is 1.85 bits per heavy atom. The number of fused-ring (bicyclic) bond motifs is 1. The number of thiazole rings is 1. The minimum Gasteiger partial charge on any atom is -0.482 e. The number of nitrogens with one attached hydrogen (secondary N) is 1. The van der Waals surface area contributed by atoms with Crippen LogP contribution in [0.15, 0.2) is 93.2 Å². The van der Waals surface area contributed by atoms with E-state index in [0.29, 0.717) is 38.6 Å². The Morgan fingerprint density at radius 1 is 1.08 bits per heavy atom. The fourth-order valence-corrected chi connectivity index (χ4v) is 6.07. The van der Waals surface area contributed by atoms with E-state index in [-0.39, 0.29) is 18.1 Å². The van der Waals surface area contributed by atoms with Gasteiger partial charge in [-0.15, -0.1) is 11.3 Å². The Morgan fingerprint density at radius 3 is 2.54 bits per heavy atom. The highest BCUT2D eigenvalue weighted by Gasteiger charge is 2.33. The number of nitrogens with zero attached hydrogens (tertiary/aromatic N) is 2. The first-order valence-corrected chi connectivity index (χ1v) is 13.9. The average molecular weight is 560 g/mol. The first kappa shape index (κ1) is 26.3. The zero-order valence-corrected chi connectivity index (χ0v) is 22.9. The third kappa shape index (κ3) is 5.76. The lowest BCUT2D eigenvalue weighted by Gasteiger charge is -2.24. The van der Waals surface area contributed by atoms with Gasteiger partial charge < -0.3 is 14.8 Å². The number of anilines is 1. The lowest BCUT2D eigenvalue weighted by atomic mass is 10.0. The quantitative estimate of drug-likeness (QED) is 0.331. The van der Waals surface area contributed by atoms with E-state index in [2.05, 4.69) is 10.3 Å². The Kier molecular flexibility index (Phi) is 7.85. The van der Waals surface area contributed by atoms with Gasteiger partial charge in [0.2, 0.25) is 0 Å². The van der Waals surface area contributed by atoms with Crippen LogP contribution in [0.25, 0.3) is 6.08 Å². The van der Waals surface area contributed by atoms with E-state index in [1.807, 2.05) is 47.8 Å². The van der Waals surface area contributed by atoms with Crippen LogP contribution >= 0.6 is 22.7 Å². The third-order valence-electron chi connectivity index (χ3n) is 5.95. The van der Waals surface area contributed by atoms with Gasteiger partial charge in [-0.1, -0.05) is 47.7 Å². The number of aromatic nitrogens is 1. The molecule has 1 amide bonds. The fourth-order valence-electron chi connectivity index (χ4n) is 4.20. The molecule has 1 aliphatic rings. The highest BCUT2D eigenvalue weighted by atomic mass is 32.1. The molecule has 198 valence electrons. The van der Waals surface area contributed by atoms with E-state index >= 15 is 0 Å². The number of carbonyl (C=O) groups excluding carboxylic acids is 2. The number of thiophene rings is 1. The molecule has 0 aliphatic carbocycles. The van der Waals surface area contributed by atoms with Gasteiger partial charge in [0.25, 0.3) is 11.5 Å². The SMILES string of the molecule is CCOC(=O)COc1ccc(/C=c2\sc3n(c2=O)[C@@H](c2cccs2)C(C(=O)Nc2ccccc2)=C(C)N=3)cc1. The minimum absolute atomic E-state index is 0.173. The highest BCUT2D eigenvalue weighted by Crippen LogP contribution is 2.33. The first-order chi connectivity index (χ1) is 18.9. The van der Waals surface area contributed by atoms with Crippen LogP contribution in [-0.2, 0) is 14.3 Å². The van der Waals surface area contributed by atoms with Gasteiger partial charge in [-0.2, -0.15) is 0 Å². The smallest absolute Gasteiger partial charge is 0.344 e. The summed E-state index contributed by atoms with van der Waals surface area (Å²) in [6, 6.07) is 19.5. The topological polar surface area (TPSA) is 99.0 Å². The van der Waals surface area contributed by atoms with E-state index < -0.39 is 12.0 Å². The van der Waals surface area contributed by atoms with Crippen molar-refractivity contribution in [2.75, 3.05) is 18.5 Å². The number of hydrogen-bond donors (Lipinski definition) is 1. The van der Waals surface area contributed by atoms with Crippen molar-refractivity contribution in [3.8, 4) is 5.75 Å². The monoisotopic (exact) mass is 559 g/mol. The molecule has 3 heterocycles. The lowest BCUT2D eigenvalue weighted by molar-refractivity contribution is -0.145. The van der Waals surface area contributed by atoms with Crippen molar-refractivity contribution in [3.05, 3.63) is 114 Å². The van der Waals surface area contributed by atoms with Crippen molar-refractivity contribution < 1.29 is 19.1 Å². The second kappa shape index (κ2) is 11.6. The van der Waals surface area contributed by atoms with Crippen LogP contribution < -0.4 is 24.9 Å². The van der Waals surface area contributed by atoms with Crippen LogP contribution in [0.3, 0.4) is 0 Å². The summed E-state index contributed by atoms with van der Waals surface area (Å²) < 4.78 is 12.4. The predicted molar refractivity (Wildman–Crippen MR) is 152 cm³/mol. The van der Waals surface area contributed by atoms with Gasteiger partial charge in [-0.25, -0.2) is 9.79 Å². The summed E-state index contributed by atoms with van der Waals surface area (Å²) in [6.45, 7) is 3.66. The third-order valence-corrected chi connectivity index (χ3v) is 7.86. The molecule has 0 fully saturated rings. The minimum atomic E-state index is -0.592. The zero-order chi connectivity index (χ0) is 27.4. The molecule has 1 N–H and O–H groups in total. The van der Waals surface area contributed by atoms with Crippen LogP contribution in [0.4, 0.5) is 5.69 Å². The maximum Gasteiger partial charge on any atom is 0.344 e. The van der Waals surface area contributed by atoms with Crippen LogP contribution in [-0.4, -0.2) is 29.7 Å². The number of amides is 1. The Hall–Kier alpha value is -4.28. The summed E-state index contributed by atoms with van der Waals surface area (Å²) in [7, 11) is 0. The number of benzene rings is 2. The van der Waals surface area contributed by atoms with E-state index in [4.69, 9.17) is 9.47 Å². The van der Waals surface area contributed by atoms with Crippen molar-refractivity contribution in [2.45, 2.75) is 19.9 Å². The van der Waals surface area contributed by atoms with Crippen LogP contribution in [0, 0.1) is 0 Å². The van der Waals surface area contributed by atoms with E-state index in [9.17, 15) is 14.4 Å². The van der Waals surface area contributed by atoms with Crippen LogP contribution in [0.1, 0.15) is 30.3 Å². The van der Waals surface area contributed by atoms with Crippen molar-refractivity contribution in [1.29, 1.82) is 0 Å². The molecule has 0 spiro atoms. The average Bonchev–Trinajstić information content (AvgIpc) is 3.57. The molecule has 0 saturated heterocycles. The summed E-state index contributed by atoms with van der Waals surface area (Å²) >= 11 is 2.77. The molecule has 2 aromatic carbocycles. The van der Waals surface area contributed by atoms with Crippen molar-refractivity contribution in [2.24, 2.45) is 4.99 Å². The van der Waals surface area contributed by atoms with E-state index in [1.165, 1.54) is 22.7 Å². The normalized spacial score (nSPS) is 14.9. The van der Waals surface area contributed by atoms with Gasteiger partial charge >= 0.3 is 5.97 Å². The number of para-hydroxylation sites is 1. The Labute approximate surface area is 232 Å². The molecule has 1 atom stereocenters. The van der Waals surface area contributed by atoms with Crippen molar-refractivity contribution in [1.82, 2.24) is 4.57 Å². The molecular weight excluding hydrogens is 534 g/mol. The molecule has 1 aliphatic heterocycles. The summed E-state index contributed by atoms with van der Waals surface area (Å²) in [5, 5.41) is 4.88.